The lowest BCUT2D eigenvalue weighted by molar-refractivity contribution is -0.134. The van der Waals surface area contributed by atoms with Gasteiger partial charge >= 0.3 is 0 Å². The molecule has 3 fully saturated rings. The molecule has 158 valence electrons. The number of nitrogens with one attached hydrogen (secondary N) is 1. The molecule has 2 saturated carbocycles. The zero-order chi connectivity index (χ0) is 17.6. The van der Waals surface area contributed by atoms with E-state index in [9.17, 15) is 9.59 Å². The van der Waals surface area contributed by atoms with Crippen LogP contribution in [0.1, 0.15) is 57.8 Å². The van der Waals surface area contributed by atoms with E-state index in [4.69, 9.17) is 5.73 Å². The number of amides is 2. The molecule has 3 aliphatic rings. The molecule has 6 nitrogen and oxygen atoms in total. The average Bonchev–Trinajstić information content (AvgIpc) is 3.01. The highest BCUT2D eigenvalue weighted by molar-refractivity contribution is 5.85. The topological polar surface area (TPSA) is 78.7 Å². The van der Waals surface area contributed by atoms with Crippen LogP contribution in [0.25, 0.3) is 0 Å². The minimum absolute atomic E-state index is 0. The van der Waals surface area contributed by atoms with Crippen molar-refractivity contribution < 1.29 is 9.59 Å². The van der Waals surface area contributed by atoms with Crippen LogP contribution in [-0.2, 0) is 9.59 Å². The molecule has 1 saturated heterocycles. The number of rotatable bonds is 5. The molecule has 0 radical (unpaired) electrons. The minimum Gasteiger partial charge on any atom is -0.352 e. The second-order valence-corrected chi connectivity index (χ2v) is 8.12. The summed E-state index contributed by atoms with van der Waals surface area (Å²) in [5.74, 6) is 0.754. The van der Waals surface area contributed by atoms with Crippen molar-refractivity contribution in [2.75, 3.05) is 32.7 Å². The number of nitrogens with two attached hydrogens (primary N) is 1. The molecule has 1 aliphatic heterocycles. The third-order valence-electron chi connectivity index (χ3n) is 6.22. The Balaban J connectivity index is 0.00000182. The summed E-state index contributed by atoms with van der Waals surface area (Å²) in [7, 11) is 0. The van der Waals surface area contributed by atoms with Gasteiger partial charge in [0.1, 0.15) is 0 Å². The average molecular weight is 423 g/mol. The third kappa shape index (κ3) is 7.41. The van der Waals surface area contributed by atoms with Gasteiger partial charge in [0.15, 0.2) is 0 Å². The van der Waals surface area contributed by atoms with Gasteiger partial charge in [-0.25, -0.2) is 0 Å². The molecule has 0 aromatic heterocycles. The van der Waals surface area contributed by atoms with Crippen molar-refractivity contribution in [2.45, 2.75) is 69.9 Å². The molecule has 2 amide bonds. The number of piperazine rings is 1. The van der Waals surface area contributed by atoms with Crippen molar-refractivity contribution in [3.8, 4) is 0 Å². The quantitative estimate of drug-likeness (QED) is 0.709. The largest absolute Gasteiger partial charge is 0.352 e. The van der Waals surface area contributed by atoms with E-state index < -0.39 is 0 Å². The van der Waals surface area contributed by atoms with E-state index in [0.717, 1.165) is 58.3 Å². The van der Waals surface area contributed by atoms with Gasteiger partial charge in [0.05, 0.1) is 6.54 Å². The SMILES string of the molecule is Cl.Cl.N[C@@H]1CCC[C@H]1CC(=O)N1CCN(CC(=O)NC2CCCCC2)CC1. The van der Waals surface area contributed by atoms with Crippen molar-refractivity contribution in [3.05, 3.63) is 0 Å². The molecule has 3 rings (SSSR count). The van der Waals surface area contributed by atoms with E-state index >= 15 is 0 Å². The molecule has 8 heteroatoms. The second-order valence-electron chi connectivity index (χ2n) is 8.12. The van der Waals surface area contributed by atoms with Crippen molar-refractivity contribution in [1.82, 2.24) is 15.1 Å². The Kier molecular flexibility index (Phi) is 11.0. The molecule has 0 aromatic rings. The summed E-state index contributed by atoms with van der Waals surface area (Å²) < 4.78 is 0. The van der Waals surface area contributed by atoms with Gasteiger partial charge in [-0.1, -0.05) is 25.7 Å². The van der Waals surface area contributed by atoms with Gasteiger partial charge in [0, 0.05) is 44.7 Å². The molecule has 0 bridgehead atoms. The van der Waals surface area contributed by atoms with Crippen LogP contribution in [0.3, 0.4) is 0 Å². The second kappa shape index (κ2) is 12.1. The number of carbonyl (C=O) groups excluding carboxylic acids is 2. The summed E-state index contributed by atoms with van der Waals surface area (Å²) in [5.41, 5.74) is 6.09. The van der Waals surface area contributed by atoms with Crippen LogP contribution in [0.15, 0.2) is 0 Å². The molecule has 0 aromatic carbocycles. The maximum absolute atomic E-state index is 12.5. The van der Waals surface area contributed by atoms with Gasteiger partial charge in [-0.3, -0.25) is 14.5 Å². The van der Waals surface area contributed by atoms with E-state index in [1.807, 2.05) is 4.90 Å². The van der Waals surface area contributed by atoms with Crippen molar-refractivity contribution in [1.29, 1.82) is 0 Å². The number of hydrogen-bond acceptors (Lipinski definition) is 4. The number of halogens is 2. The lowest BCUT2D eigenvalue weighted by Crippen LogP contribution is -2.52. The van der Waals surface area contributed by atoms with Crippen LogP contribution in [-0.4, -0.2) is 66.4 Å². The Bertz CT molecular complexity index is 467. The number of nitrogens with zero attached hydrogens (tertiary/aromatic N) is 2. The van der Waals surface area contributed by atoms with Crippen LogP contribution in [0, 0.1) is 5.92 Å². The van der Waals surface area contributed by atoms with E-state index in [-0.39, 0.29) is 42.7 Å². The molecular weight excluding hydrogens is 387 g/mol. The summed E-state index contributed by atoms with van der Waals surface area (Å²) in [5, 5.41) is 3.18. The highest BCUT2D eigenvalue weighted by Gasteiger charge is 2.29. The predicted molar refractivity (Wildman–Crippen MR) is 112 cm³/mol. The normalized spacial score (nSPS) is 26.8. The van der Waals surface area contributed by atoms with Crippen LogP contribution < -0.4 is 11.1 Å². The van der Waals surface area contributed by atoms with Gasteiger partial charge in [0.2, 0.25) is 11.8 Å². The summed E-state index contributed by atoms with van der Waals surface area (Å²) in [6, 6.07) is 0.577. The molecule has 3 N–H and O–H groups in total. The fourth-order valence-electron chi connectivity index (χ4n) is 4.55. The Morgan fingerprint density at radius 1 is 0.889 bits per heavy atom. The van der Waals surface area contributed by atoms with Gasteiger partial charge in [-0.15, -0.1) is 24.8 Å². The molecule has 0 unspecified atom stereocenters. The maximum Gasteiger partial charge on any atom is 0.234 e. The van der Waals surface area contributed by atoms with Crippen LogP contribution in [0.2, 0.25) is 0 Å². The minimum atomic E-state index is 0. The van der Waals surface area contributed by atoms with E-state index in [0.29, 0.717) is 24.9 Å². The summed E-state index contributed by atoms with van der Waals surface area (Å²) in [6.07, 6.45) is 9.91. The highest BCUT2D eigenvalue weighted by Crippen LogP contribution is 2.27. The first-order chi connectivity index (χ1) is 12.1. The zero-order valence-electron chi connectivity index (χ0n) is 16.2. The van der Waals surface area contributed by atoms with Gasteiger partial charge in [0.25, 0.3) is 0 Å². The molecule has 2 atom stereocenters. The standard InChI is InChI=1S/C19H34N4O2.2ClH/c20-17-8-4-5-15(17)13-19(25)23-11-9-22(10-12-23)14-18(24)21-16-6-2-1-3-7-16;;/h15-17H,1-14,20H2,(H,21,24);2*1H/t15-,17+;;/m0../s1. The third-order valence-corrected chi connectivity index (χ3v) is 6.22. The summed E-state index contributed by atoms with van der Waals surface area (Å²) >= 11 is 0. The summed E-state index contributed by atoms with van der Waals surface area (Å²) in [6.45, 7) is 3.52. The lowest BCUT2D eigenvalue weighted by atomic mass is 9.95. The van der Waals surface area contributed by atoms with Crippen LogP contribution in [0.5, 0.6) is 0 Å². The van der Waals surface area contributed by atoms with Crippen molar-refractivity contribution in [2.24, 2.45) is 11.7 Å². The predicted octanol–water partition coefficient (Wildman–Crippen LogP) is 1.94. The first kappa shape index (κ1) is 24.5. The van der Waals surface area contributed by atoms with Crippen molar-refractivity contribution >= 4 is 36.6 Å². The first-order valence-electron chi connectivity index (χ1n) is 10.2. The number of hydrogen-bond donors (Lipinski definition) is 2. The highest BCUT2D eigenvalue weighted by atomic mass is 35.5. The van der Waals surface area contributed by atoms with Gasteiger partial charge in [-0.2, -0.15) is 0 Å². The van der Waals surface area contributed by atoms with E-state index in [1.165, 1.54) is 19.3 Å². The Hall–Kier alpha value is -0.560. The van der Waals surface area contributed by atoms with Crippen molar-refractivity contribution in [3.63, 3.8) is 0 Å². The Labute approximate surface area is 175 Å². The molecule has 2 aliphatic carbocycles. The molecular formula is C19H36Cl2N4O2. The smallest absolute Gasteiger partial charge is 0.234 e. The van der Waals surface area contributed by atoms with Crippen LogP contribution in [0.4, 0.5) is 0 Å². The lowest BCUT2D eigenvalue weighted by Gasteiger charge is -2.35. The molecule has 1 heterocycles. The van der Waals surface area contributed by atoms with Crippen LogP contribution >= 0.6 is 24.8 Å². The Morgan fingerprint density at radius 2 is 1.56 bits per heavy atom. The Morgan fingerprint density at radius 3 is 2.15 bits per heavy atom. The van der Waals surface area contributed by atoms with Gasteiger partial charge < -0.3 is 16.0 Å². The maximum atomic E-state index is 12.5. The van der Waals surface area contributed by atoms with E-state index in [2.05, 4.69) is 10.2 Å². The monoisotopic (exact) mass is 422 g/mol. The number of carbonyl (C=O) groups is 2. The fraction of sp³-hybridized carbons (Fsp3) is 0.895. The molecule has 0 spiro atoms. The first-order valence-corrected chi connectivity index (χ1v) is 10.2. The molecule has 27 heavy (non-hydrogen) atoms. The van der Waals surface area contributed by atoms with E-state index in [1.54, 1.807) is 0 Å². The zero-order valence-corrected chi connectivity index (χ0v) is 17.9. The summed E-state index contributed by atoms with van der Waals surface area (Å²) in [4.78, 5) is 28.8. The fourth-order valence-corrected chi connectivity index (χ4v) is 4.55. The van der Waals surface area contributed by atoms with Gasteiger partial charge in [-0.05, 0) is 31.6 Å².